The van der Waals surface area contributed by atoms with E-state index >= 15 is 0 Å². The smallest absolute Gasteiger partial charge is 0.255 e. The van der Waals surface area contributed by atoms with E-state index in [0.29, 0.717) is 35.8 Å². The summed E-state index contributed by atoms with van der Waals surface area (Å²) in [6.07, 6.45) is 0.521. The summed E-state index contributed by atoms with van der Waals surface area (Å²) in [5.74, 6) is 1.77. The van der Waals surface area contributed by atoms with E-state index in [1.807, 2.05) is 18.2 Å². The lowest BCUT2D eigenvalue weighted by molar-refractivity contribution is 0.0930. The number of carbonyl (C=O) groups excluding carboxylic acids is 1. The van der Waals surface area contributed by atoms with Crippen LogP contribution in [0.2, 0.25) is 0 Å². The zero-order chi connectivity index (χ0) is 24.5. The summed E-state index contributed by atoms with van der Waals surface area (Å²) >= 11 is 1.66. The van der Waals surface area contributed by atoms with Crippen molar-refractivity contribution >= 4 is 27.5 Å². The van der Waals surface area contributed by atoms with Crippen LogP contribution in [0.3, 0.4) is 0 Å². The van der Waals surface area contributed by atoms with E-state index in [1.165, 1.54) is 21.3 Å². The van der Waals surface area contributed by atoms with Gasteiger partial charge in [-0.15, -0.1) is 11.3 Å². The van der Waals surface area contributed by atoms with Crippen molar-refractivity contribution in [3.8, 4) is 33.6 Å². The molecule has 5 rings (SSSR count). The molecule has 3 aromatic carbocycles. The van der Waals surface area contributed by atoms with Crippen LogP contribution < -0.4 is 24.3 Å². The van der Waals surface area contributed by atoms with Crippen molar-refractivity contribution < 1.29 is 23.7 Å². The number of ether oxygens (including phenoxy) is 4. The van der Waals surface area contributed by atoms with Crippen LogP contribution in [0.25, 0.3) is 20.8 Å². The Bertz CT molecular complexity index is 1380. The molecule has 1 aromatic heterocycles. The summed E-state index contributed by atoms with van der Waals surface area (Å²) in [6, 6.07) is 15.7. The molecule has 4 aromatic rings. The minimum Gasteiger partial charge on any atom is -0.493 e. The fourth-order valence-electron chi connectivity index (χ4n) is 4.43. The van der Waals surface area contributed by atoms with E-state index in [4.69, 9.17) is 23.9 Å². The van der Waals surface area contributed by atoms with Gasteiger partial charge < -0.3 is 24.3 Å². The fraction of sp³-hybridized carbons (Fsp3) is 0.259. The highest BCUT2D eigenvalue weighted by atomic mass is 32.1. The van der Waals surface area contributed by atoms with Crippen LogP contribution in [0, 0.1) is 6.92 Å². The van der Waals surface area contributed by atoms with Gasteiger partial charge in [0.25, 0.3) is 5.91 Å². The number of hydrogen-bond acceptors (Lipinski definition) is 7. The third-order valence-corrected chi connectivity index (χ3v) is 7.08. The van der Waals surface area contributed by atoms with Gasteiger partial charge in [0.1, 0.15) is 16.9 Å². The SMILES string of the molecule is COc1ccc(C(=O)NCC2Cc3cc(C)cc(-c4nc5ccccc5s4)c3O2)c(OC)c1OC. The van der Waals surface area contributed by atoms with Gasteiger partial charge in [-0.2, -0.15) is 0 Å². The minimum atomic E-state index is -0.273. The van der Waals surface area contributed by atoms with Crippen LogP contribution >= 0.6 is 11.3 Å². The maximum Gasteiger partial charge on any atom is 0.255 e. The average molecular weight is 491 g/mol. The molecule has 1 N–H and O–H groups in total. The number of fused-ring (bicyclic) bond motifs is 2. The second kappa shape index (κ2) is 9.46. The molecule has 1 aliphatic heterocycles. The molecule has 180 valence electrons. The lowest BCUT2D eigenvalue weighted by atomic mass is 10.0. The molecule has 0 spiro atoms. The Kier molecular flexibility index (Phi) is 6.21. The fourth-order valence-corrected chi connectivity index (χ4v) is 5.41. The summed E-state index contributed by atoms with van der Waals surface area (Å²) in [5, 5.41) is 3.92. The van der Waals surface area contributed by atoms with Crippen LogP contribution in [0.1, 0.15) is 21.5 Å². The maximum atomic E-state index is 13.0. The van der Waals surface area contributed by atoms with Crippen molar-refractivity contribution in [3.63, 3.8) is 0 Å². The number of nitrogens with one attached hydrogen (secondary N) is 1. The summed E-state index contributed by atoms with van der Waals surface area (Å²) in [4.78, 5) is 17.8. The number of carbonyl (C=O) groups is 1. The Labute approximate surface area is 207 Å². The molecule has 0 radical (unpaired) electrons. The van der Waals surface area contributed by atoms with Crippen LogP contribution in [-0.2, 0) is 6.42 Å². The molecule has 2 heterocycles. The zero-order valence-electron chi connectivity index (χ0n) is 20.0. The minimum absolute atomic E-state index is 0.185. The molecule has 1 unspecified atom stereocenters. The molecule has 0 bridgehead atoms. The number of para-hydroxylation sites is 1. The van der Waals surface area contributed by atoms with Gasteiger partial charge in [0.2, 0.25) is 5.75 Å². The molecule has 8 heteroatoms. The van der Waals surface area contributed by atoms with Crippen LogP contribution in [0.15, 0.2) is 48.5 Å². The predicted molar refractivity (Wildman–Crippen MR) is 136 cm³/mol. The Morgan fingerprint density at radius 2 is 1.89 bits per heavy atom. The number of aryl methyl sites for hydroxylation is 1. The van der Waals surface area contributed by atoms with Gasteiger partial charge in [-0.25, -0.2) is 4.98 Å². The van der Waals surface area contributed by atoms with Gasteiger partial charge >= 0.3 is 0 Å². The van der Waals surface area contributed by atoms with E-state index in [1.54, 1.807) is 23.5 Å². The normalized spacial score (nSPS) is 14.3. The largest absolute Gasteiger partial charge is 0.493 e. The highest BCUT2D eigenvalue weighted by molar-refractivity contribution is 7.21. The topological polar surface area (TPSA) is 78.9 Å². The number of benzene rings is 3. The van der Waals surface area contributed by atoms with Crippen molar-refractivity contribution in [2.24, 2.45) is 0 Å². The van der Waals surface area contributed by atoms with Crippen molar-refractivity contribution in [1.82, 2.24) is 10.3 Å². The molecule has 1 atom stereocenters. The quantitative estimate of drug-likeness (QED) is 0.391. The number of methoxy groups -OCH3 is 3. The Morgan fingerprint density at radius 3 is 2.63 bits per heavy atom. The first-order valence-electron chi connectivity index (χ1n) is 11.3. The summed E-state index contributed by atoms with van der Waals surface area (Å²) < 4.78 is 23.6. The van der Waals surface area contributed by atoms with Gasteiger partial charge in [0.05, 0.1) is 49.2 Å². The Morgan fingerprint density at radius 1 is 1.09 bits per heavy atom. The summed E-state index contributed by atoms with van der Waals surface area (Å²) in [6.45, 7) is 2.43. The molecule has 1 amide bonds. The number of thiazole rings is 1. The third kappa shape index (κ3) is 4.25. The Balaban J connectivity index is 1.35. The highest BCUT2D eigenvalue weighted by Gasteiger charge is 2.29. The molecule has 35 heavy (non-hydrogen) atoms. The van der Waals surface area contributed by atoms with Gasteiger partial charge in [0.15, 0.2) is 11.5 Å². The first-order chi connectivity index (χ1) is 17.0. The van der Waals surface area contributed by atoms with E-state index < -0.39 is 0 Å². The van der Waals surface area contributed by atoms with Gasteiger partial charge in [-0.1, -0.05) is 18.2 Å². The lowest BCUT2D eigenvalue weighted by Gasteiger charge is -2.17. The van der Waals surface area contributed by atoms with Crippen molar-refractivity contribution in [3.05, 3.63) is 65.2 Å². The van der Waals surface area contributed by atoms with Crippen molar-refractivity contribution in [2.75, 3.05) is 27.9 Å². The summed E-state index contributed by atoms with van der Waals surface area (Å²) in [5.41, 5.74) is 4.63. The first-order valence-corrected chi connectivity index (χ1v) is 12.1. The average Bonchev–Trinajstić information content (AvgIpc) is 3.49. The standard InChI is InChI=1S/C27H26N2O5S/c1-15-11-16-13-17(14-28-26(30)18-9-10-21(31-2)25(33-4)24(18)32-3)34-23(16)19(12-15)27-29-20-7-5-6-8-22(20)35-27/h5-12,17H,13-14H2,1-4H3,(H,28,30). The van der Waals surface area contributed by atoms with E-state index in [9.17, 15) is 4.79 Å². The molecule has 0 fully saturated rings. The van der Waals surface area contributed by atoms with E-state index in [-0.39, 0.29) is 12.0 Å². The van der Waals surface area contributed by atoms with E-state index in [2.05, 4.69) is 30.4 Å². The second-order valence-electron chi connectivity index (χ2n) is 8.32. The highest BCUT2D eigenvalue weighted by Crippen LogP contribution is 2.43. The van der Waals surface area contributed by atoms with Gasteiger partial charge in [0, 0.05) is 6.42 Å². The van der Waals surface area contributed by atoms with Crippen molar-refractivity contribution in [2.45, 2.75) is 19.4 Å². The predicted octanol–water partition coefficient (Wildman–Crippen LogP) is 5.03. The maximum absolute atomic E-state index is 13.0. The van der Waals surface area contributed by atoms with Gasteiger partial charge in [-0.05, 0) is 48.4 Å². The number of aromatic nitrogens is 1. The van der Waals surface area contributed by atoms with Crippen LogP contribution in [0.5, 0.6) is 23.0 Å². The molecule has 0 saturated carbocycles. The molecular weight excluding hydrogens is 464 g/mol. The number of rotatable bonds is 7. The monoisotopic (exact) mass is 490 g/mol. The molecule has 0 aliphatic carbocycles. The molecular formula is C27H26N2O5S. The molecule has 1 aliphatic rings. The summed E-state index contributed by atoms with van der Waals surface area (Å²) in [7, 11) is 4.55. The Hall–Kier alpha value is -3.78. The first kappa shape index (κ1) is 23.0. The van der Waals surface area contributed by atoms with Gasteiger partial charge in [-0.3, -0.25) is 4.79 Å². The number of hydrogen-bond donors (Lipinski definition) is 1. The molecule has 7 nitrogen and oxygen atoms in total. The van der Waals surface area contributed by atoms with Crippen molar-refractivity contribution in [1.29, 1.82) is 0 Å². The number of amides is 1. The van der Waals surface area contributed by atoms with E-state index in [0.717, 1.165) is 37.7 Å². The third-order valence-electron chi connectivity index (χ3n) is 6.01. The number of nitrogens with zero attached hydrogens (tertiary/aromatic N) is 1. The molecule has 0 saturated heterocycles. The lowest BCUT2D eigenvalue weighted by Crippen LogP contribution is -2.34. The zero-order valence-corrected chi connectivity index (χ0v) is 20.8. The second-order valence-corrected chi connectivity index (χ2v) is 9.35. The van der Waals surface area contributed by atoms with Crippen LogP contribution in [0.4, 0.5) is 0 Å². The van der Waals surface area contributed by atoms with Crippen LogP contribution in [-0.4, -0.2) is 44.9 Å².